The Hall–Kier alpha value is -3.14. The van der Waals surface area contributed by atoms with E-state index < -0.39 is 41.5 Å². The molecule has 1 aliphatic rings. The Bertz CT molecular complexity index is 933. The van der Waals surface area contributed by atoms with Gasteiger partial charge in [0, 0.05) is 5.56 Å². The summed E-state index contributed by atoms with van der Waals surface area (Å²) in [5.74, 6) is -3.74. The van der Waals surface area contributed by atoms with E-state index in [-0.39, 0.29) is 16.9 Å². The lowest BCUT2D eigenvalue weighted by molar-refractivity contribution is -0.287. The van der Waals surface area contributed by atoms with Crippen molar-refractivity contribution in [3.05, 3.63) is 65.5 Å². The number of hydrogen-bond acceptors (Lipinski definition) is 4. The van der Waals surface area contributed by atoms with Crippen molar-refractivity contribution in [3.63, 3.8) is 0 Å². The summed E-state index contributed by atoms with van der Waals surface area (Å²) in [6, 6.07) is 6.72. The summed E-state index contributed by atoms with van der Waals surface area (Å²) in [5.41, 5.74) is -4.00. The molecule has 2 aromatic carbocycles. The number of urea groups is 1. The average molecular weight is 412 g/mol. The molecule has 10 heteroatoms. The smallest absolute Gasteiger partial charge is 0.437 e. The number of ether oxygens (including phenoxy) is 1. The molecule has 0 aromatic heterocycles. The highest BCUT2D eigenvalue weighted by Gasteiger charge is 2.66. The van der Waals surface area contributed by atoms with E-state index in [9.17, 15) is 32.3 Å². The van der Waals surface area contributed by atoms with E-state index in [2.05, 4.69) is 5.32 Å². The number of carbonyl (C=O) groups excluding carboxylic acids is 2. The van der Waals surface area contributed by atoms with Crippen LogP contribution in [0.25, 0.3) is 0 Å². The van der Waals surface area contributed by atoms with E-state index in [4.69, 9.17) is 4.74 Å². The molecule has 3 unspecified atom stereocenters. The van der Waals surface area contributed by atoms with Crippen LogP contribution in [-0.2, 0) is 0 Å². The summed E-state index contributed by atoms with van der Waals surface area (Å²) in [6.45, 7) is 0. The molecule has 1 fully saturated rings. The molecule has 1 heterocycles. The van der Waals surface area contributed by atoms with Crippen LogP contribution in [0, 0.1) is 11.7 Å². The lowest BCUT2D eigenvalue weighted by Crippen LogP contribution is -2.72. The average Bonchev–Trinajstić information content (AvgIpc) is 2.66. The second-order valence-corrected chi connectivity index (χ2v) is 6.47. The lowest BCUT2D eigenvalue weighted by atomic mass is 9.77. The Labute approximate surface area is 162 Å². The molecule has 2 aromatic rings. The first-order valence-corrected chi connectivity index (χ1v) is 8.38. The fourth-order valence-electron chi connectivity index (χ4n) is 3.25. The number of methoxy groups -OCH3 is 1. The molecule has 0 saturated carbocycles. The maximum Gasteiger partial charge on any atom is 0.437 e. The molecule has 1 saturated heterocycles. The zero-order valence-corrected chi connectivity index (χ0v) is 15.0. The summed E-state index contributed by atoms with van der Waals surface area (Å²) < 4.78 is 59.6. The maximum atomic E-state index is 13.8. The normalized spacial score (nSPS) is 24.4. The maximum absolute atomic E-state index is 13.8. The van der Waals surface area contributed by atoms with E-state index in [1.165, 1.54) is 36.7 Å². The Morgan fingerprint density at radius 1 is 1.17 bits per heavy atom. The van der Waals surface area contributed by atoms with Crippen LogP contribution < -0.4 is 15.4 Å². The number of benzene rings is 2. The van der Waals surface area contributed by atoms with Crippen LogP contribution in [0.3, 0.4) is 0 Å². The van der Waals surface area contributed by atoms with Gasteiger partial charge in [0.15, 0.2) is 5.78 Å². The van der Waals surface area contributed by atoms with Crippen molar-refractivity contribution in [2.45, 2.75) is 17.9 Å². The van der Waals surface area contributed by atoms with E-state index >= 15 is 0 Å². The molecule has 6 nitrogen and oxygen atoms in total. The van der Waals surface area contributed by atoms with Crippen molar-refractivity contribution in [2.75, 3.05) is 7.11 Å². The van der Waals surface area contributed by atoms with Crippen molar-refractivity contribution in [1.29, 1.82) is 0 Å². The van der Waals surface area contributed by atoms with Crippen LogP contribution >= 0.6 is 0 Å². The zero-order chi connectivity index (χ0) is 21.4. The molecule has 1 aliphatic heterocycles. The molecule has 3 rings (SSSR count). The first kappa shape index (κ1) is 20.6. The Morgan fingerprint density at radius 3 is 2.41 bits per heavy atom. The molecule has 3 N–H and O–H groups in total. The van der Waals surface area contributed by atoms with Gasteiger partial charge in [0.1, 0.15) is 17.5 Å². The van der Waals surface area contributed by atoms with Gasteiger partial charge in [0.2, 0.25) is 5.72 Å². The van der Waals surface area contributed by atoms with Crippen molar-refractivity contribution in [2.24, 2.45) is 5.92 Å². The molecule has 29 heavy (non-hydrogen) atoms. The minimum atomic E-state index is -5.37. The molecule has 0 spiro atoms. The highest BCUT2D eigenvalue weighted by atomic mass is 19.4. The van der Waals surface area contributed by atoms with Crippen molar-refractivity contribution >= 4 is 11.8 Å². The number of aliphatic hydroxyl groups is 1. The predicted molar refractivity (Wildman–Crippen MR) is 92.6 cm³/mol. The molecule has 0 bridgehead atoms. The number of alkyl halides is 3. The fraction of sp³-hybridized carbons (Fsp3) is 0.263. The standard InChI is InChI=1S/C19H16F4N2O4/c1-29-13-4-2-3-11(9-13)15-14(16(26)10-5-7-12(20)8-6-10)18(28,19(21,22)23)25-17(27)24-15/h2-9,14-15,28H,1H3,(H2,24,25,27). The number of rotatable bonds is 4. The van der Waals surface area contributed by atoms with Gasteiger partial charge in [-0.2, -0.15) is 13.2 Å². The van der Waals surface area contributed by atoms with Crippen LogP contribution in [0.15, 0.2) is 48.5 Å². The van der Waals surface area contributed by atoms with Crippen LogP contribution in [0.5, 0.6) is 5.75 Å². The van der Waals surface area contributed by atoms with Gasteiger partial charge < -0.3 is 20.5 Å². The van der Waals surface area contributed by atoms with E-state index in [1.54, 1.807) is 0 Å². The first-order valence-electron chi connectivity index (χ1n) is 8.38. The summed E-state index contributed by atoms with van der Waals surface area (Å²) in [6.07, 6.45) is -5.37. The fourth-order valence-corrected chi connectivity index (χ4v) is 3.25. The minimum absolute atomic E-state index is 0.113. The van der Waals surface area contributed by atoms with Gasteiger partial charge in [-0.25, -0.2) is 9.18 Å². The predicted octanol–water partition coefficient (Wildman–Crippen LogP) is 2.94. The van der Waals surface area contributed by atoms with Gasteiger partial charge >= 0.3 is 12.2 Å². The number of hydrogen-bond donors (Lipinski definition) is 3. The summed E-state index contributed by atoms with van der Waals surface area (Å²) in [4.78, 5) is 25.0. The van der Waals surface area contributed by atoms with Gasteiger partial charge in [-0.3, -0.25) is 4.79 Å². The van der Waals surface area contributed by atoms with Crippen LogP contribution in [0.1, 0.15) is 22.0 Å². The molecule has 3 atom stereocenters. The largest absolute Gasteiger partial charge is 0.497 e. The number of nitrogens with one attached hydrogen (secondary N) is 2. The molecular weight excluding hydrogens is 396 g/mol. The number of amides is 2. The number of carbonyl (C=O) groups is 2. The minimum Gasteiger partial charge on any atom is -0.497 e. The number of ketones is 1. The number of Topliss-reactive ketones (excluding diaryl/α,β-unsaturated/α-hetero) is 1. The summed E-state index contributed by atoms with van der Waals surface area (Å²) >= 11 is 0. The third-order valence-electron chi connectivity index (χ3n) is 4.67. The molecular formula is C19H16F4N2O4. The van der Waals surface area contributed by atoms with Crippen LogP contribution in [0.2, 0.25) is 0 Å². The Morgan fingerprint density at radius 2 is 1.83 bits per heavy atom. The molecule has 2 amide bonds. The van der Waals surface area contributed by atoms with Crippen molar-refractivity contribution in [1.82, 2.24) is 10.6 Å². The van der Waals surface area contributed by atoms with Gasteiger partial charge in [0.25, 0.3) is 0 Å². The van der Waals surface area contributed by atoms with Crippen molar-refractivity contribution in [3.8, 4) is 5.75 Å². The Balaban J connectivity index is 2.16. The quantitative estimate of drug-likeness (QED) is 0.532. The van der Waals surface area contributed by atoms with E-state index in [0.29, 0.717) is 0 Å². The number of halogens is 4. The zero-order valence-electron chi connectivity index (χ0n) is 15.0. The Kier molecular flexibility index (Phi) is 5.22. The van der Waals surface area contributed by atoms with Gasteiger partial charge in [-0.1, -0.05) is 12.1 Å². The molecule has 154 valence electrons. The van der Waals surface area contributed by atoms with Crippen LogP contribution in [-0.4, -0.2) is 35.9 Å². The third-order valence-corrected chi connectivity index (χ3v) is 4.67. The molecule has 0 aliphatic carbocycles. The topological polar surface area (TPSA) is 87.7 Å². The van der Waals surface area contributed by atoms with Crippen molar-refractivity contribution < 1.29 is 37.0 Å². The summed E-state index contributed by atoms with van der Waals surface area (Å²) in [5, 5.41) is 14.1. The molecule has 0 radical (unpaired) electrons. The summed E-state index contributed by atoms with van der Waals surface area (Å²) in [7, 11) is 1.34. The SMILES string of the molecule is COc1cccc(C2NC(=O)NC(O)(C(F)(F)F)C2C(=O)c2ccc(F)cc2)c1. The monoisotopic (exact) mass is 412 g/mol. The van der Waals surface area contributed by atoms with Gasteiger partial charge in [-0.15, -0.1) is 0 Å². The third kappa shape index (κ3) is 3.75. The van der Waals surface area contributed by atoms with E-state index in [0.717, 1.165) is 24.3 Å². The highest BCUT2D eigenvalue weighted by Crippen LogP contribution is 2.44. The first-order chi connectivity index (χ1) is 13.6. The van der Waals surface area contributed by atoms with Gasteiger partial charge in [0.05, 0.1) is 13.2 Å². The van der Waals surface area contributed by atoms with Crippen LogP contribution in [0.4, 0.5) is 22.4 Å². The second-order valence-electron chi connectivity index (χ2n) is 6.47. The second kappa shape index (κ2) is 7.36. The van der Waals surface area contributed by atoms with E-state index in [1.807, 2.05) is 0 Å². The van der Waals surface area contributed by atoms with Gasteiger partial charge in [-0.05, 0) is 42.0 Å². The highest BCUT2D eigenvalue weighted by molar-refractivity contribution is 6.00. The lowest BCUT2D eigenvalue weighted by Gasteiger charge is -2.45.